The Morgan fingerprint density at radius 1 is 1.20 bits per heavy atom. The van der Waals surface area contributed by atoms with Crippen LogP contribution in [0.5, 0.6) is 0 Å². The molecule has 4 nitrogen and oxygen atoms in total. The molecule has 1 aliphatic rings. The molecule has 2 atom stereocenters. The number of hydrogen-bond donors (Lipinski definition) is 1. The first-order valence-corrected chi connectivity index (χ1v) is 7.48. The number of hydrogen-bond acceptors (Lipinski definition) is 4. The fourth-order valence-electron chi connectivity index (χ4n) is 2.41. The predicted octanol–water partition coefficient (Wildman–Crippen LogP) is 3.73. The molecule has 0 bridgehead atoms. The van der Waals surface area contributed by atoms with Gasteiger partial charge in [0.15, 0.2) is 5.82 Å². The van der Waals surface area contributed by atoms with Gasteiger partial charge in [0.2, 0.25) is 0 Å². The van der Waals surface area contributed by atoms with Crippen molar-refractivity contribution in [2.75, 3.05) is 5.73 Å². The second kappa shape index (κ2) is 5.50. The van der Waals surface area contributed by atoms with Crippen LogP contribution >= 0.6 is 15.9 Å². The summed E-state index contributed by atoms with van der Waals surface area (Å²) in [5.41, 5.74) is 7.84. The summed E-state index contributed by atoms with van der Waals surface area (Å²) in [5.74, 6) is 1.13. The zero-order valence-corrected chi connectivity index (χ0v) is 12.8. The average molecular weight is 334 g/mol. The van der Waals surface area contributed by atoms with Crippen LogP contribution in [0.3, 0.4) is 0 Å². The van der Waals surface area contributed by atoms with Crippen LogP contribution in [-0.4, -0.2) is 16.1 Å². The normalized spacial score (nSPS) is 22.1. The lowest BCUT2D eigenvalue weighted by Crippen LogP contribution is -2.09. The van der Waals surface area contributed by atoms with Gasteiger partial charge in [-0.15, -0.1) is 0 Å². The molecule has 1 saturated heterocycles. The number of rotatable bonds is 2. The molecule has 1 aromatic heterocycles. The lowest BCUT2D eigenvalue weighted by molar-refractivity contribution is 0.0504. The Balaban J connectivity index is 2.04. The van der Waals surface area contributed by atoms with E-state index in [1.165, 1.54) is 0 Å². The van der Waals surface area contributed by atoms with E-state index in [9.17, 15) is 0 Å². The Bertz CT molecular complexity index is 618. The molecule has 1 aromatic carbocycles. The largest absolute Gasteiger partial charge is 0.383 e. The van der Waals surface area contributed by atoms with Gasteiger partial charge in [-0.05, 0) is 35.7 Å². The molecule has 0 saturated carbocycles. The number of nitrogens with zero attached hydrogens (tertiary/aromatic N) is 2. The van der Waals surface area contributed by atoms with Gasteiger partial charge in [0.25, 0.3) is 0 Å². The molecule has 1 aliphatic heterocycles. The van der Waals surface area contributed by atoms with Crippen molar-refractivity contribution in [3.05, 3.63) is 40.6 Å². The van der Waals surface area contributed by atoms with Crippen molar-refractivity contribution < 1.29 is 4.74 Å². The van der Waals surface area contributed by atoms with Gasteiger partial charge < -0.3 is 10.5 Å². The molecule has 5 heteroatoms. The highest BCUT2D eigenvalue weighted by Crippen LogP contribution is 2.35. The molecule has 2 unspecified atom stereocenters. The summed E-state index contributed by atoms with van der Waals surface area (Å²) in [6.45, 7) is 2.07. The molecule has 2 aromatic rings. The van der Waals surface area contributed by atoms with E-state index in [1.807, 2.05) is 30.3 Å². The van der Waals surface area contributed by atoms with Crippen LogP contribution in [0, 0.1) is 0 Å². The van der Waals surface area contributed by atoms with Crippen LogP contribution in [-0.2, 0) is 4.74 Å². The van der Waals surface area contributed by atoms with E-state index in [1.54, 1.807) is 0 Å². The van der Waals surface area contributed by atoms with Gasteiger partial charge in [0, 0.05) is 5.56 Å². The van der Waals surface area contributed by atoms with E-state index in [0.29, 0.717) is 11.6 Å². The van der Waals surface area contributed by atoms with Gasteiger partial charge in [-0.2, -0.15) is 0 Å². The maximum atomic E-state index is 6.01. The summed E-state index contributed by atoms with van der Waals surface area (Å²) in [4.78, 5) is 9.03. The molecule has 2 N–H and O–H groups in total. The van der Waals surface area contributed by atoms with Crippen molar-refractivity contribution in [2.45, 2.75) is 32.0 Å². The van der Waals surface area contributed by atoms with Crippen LogP contribution in [0.1, 0.15) is 31.7 Å². The van der Waals surface area contributed by atoms with E-state index in [4.69, 9.17) is 10.5 Å². The number of nitrogens with two attached hydrogens (primary N) is 1. The highest BCUT2D eigenvalue weighted by atomic mass is 79.9. The average Bonchev–Trinajstić information content (AvgIpc) is 2.89. The molecular weight excluding hydrogens is 318 g/mol. The zero-order chi connectivity index (χ0) is 14.1. The van der Waals surface area contributed by atoms with Crippen molar-refractivity contribution in [1.82, 2.24) is 9.97 Å². The second-order valence-electron chi connectivity index (χ2n) is 5.01. The molecule has 0 radical (unpaired) electrons. The number of nitrogen functional groups attached to an aromatic ring is 1. The fourth-order valence-corrected chi connectivity index (χ4v) is 2.81. The summed E-state index contributed by atoms with van der Waals surface area (Å²) in [5, 5.41) is 0. The Morgan fingerprint density at radius 2 is 1.95 bits per heavy atom. The Hall–Kier alpha value is -1.46. The lowest BCUT2D eigenvalue weighted by Gasteiger charge is -2.13. The highest BCUT2D eigenvalue weighted by molar-refractivity contribution is 9.10. The maximum absolute atomic E-state index is 6.01. The van der Waals surface area contributed by atoms with Crippen molar-refractivity contribution in [3.63, 3.8) is 0 Å². The summed E-state index contributed by atoms with van der Waals surface area (Å²) < 4.78 is 6.57. The van der Waals surface area contributed by atoms with E-state index < -0.39 is 0 Å². The SMILES string of the molecule is CC1CCC(c2nc(N)c(Br)c(-c3ccccc3)n2)O1. The third-order valence-corrected chi connectivity index (χ3v) is 4.24. The first-order valence-electron chi connectivity index (χ1n) is 6.69. The number of ether oxygens (including phenoxy) is 1. The van der Waals surface area contributed by atoms with Gasteiger partial charge in [-0.3, -0.25) is 0 Å². The van der Waals surface area contributed by atoms with Crippen molar-refractivity contribution in [2.24, 2.45) is 0 Å². The smallest absolute Gasteiger partial charge is 0.160 e. The van der Waals surface area contributed by atoms with Gasteiger partial charge in [0.05, 0.1) is 16.3 Å². The standard InChI is InChI=1S/C15H16BrN3O/c1-9-7-8-11(20-9)15-18-13(12(16)14(17)19-15)10-5-3-2-4-6-10/h2-6,9,11H,7-8H2,1H3,(H2,17,18,19). The molecule has 20 heavy (non-hydrogen) atoms. The summed E-state index contributed by atoms with van der Waals surface area (Å²) >= 11 is 3.48. The van der Waals surface area contributed by atoms with Crippen LogP contribution in [0.25, 0.3) is 11.3 Å². The predicted molar refractivity (Wildman–Crippen MR) is 82.1 cm³/mol. The Labute approximate surface area is 126 Å². The van der Waals surface area contributed by atoms with Gasteiger partial charge >= 0.3 is 0 Å². The van der Waals surface area contributed by atoms with E-state index in [2.05, 4.69) is 32.8 Å². The molecule has 3 rings (SSSR count). The summed E-state index contributed by atoms with van der Waals surface area (Å²) in [6, 6.07) is 9.95. The van der Waals surface area contributed by atoms with Crippen LogP contribution in [0.15, 0.2) is 34.8 Å². The molecular formula is C15H16BrN3O. The fraction of sp³-hybridized carbons (Fsp3) is 0.333. The highest BCUT2D eigenvalue weighted by Gasteiger charge is 2.27. The van der Waals surface area contributed by atoms with Crippen LogP contribution in [0.4, 0.5) is 5.82 Å². The number of aromatic nitrogens is 2. The monoisotopic (exact) mass is 333 g/mol. The second-order valence-corrected chi connectivity index (χ2v) is 5.80. The first-order chi connectivity index (χ1) is 9.65. The van der Waals surface area contributed by atoms with Crippen molar-refractivity contribution >= 4 is 21.7 Å². The number of benzene rings is 1. The molecule has 0 spiro atoms. The number of halogens is 1. The van der Waals surface area contributed by atoms with E-state index >= 15 is 0 Å². The minimum absolute atomic E-state index is 0.0529. The van der Waals surface area contributed by atoms with E-state index in [0.717, 1.165) is 28.6 Å². The van der Waals surface area contributed by atoms with E-state index in [-0.39, 0.29) is 12.2 Å². The molecule has 0 aliphatic carbocycles. The number of anilines is 1. The van der Waals surface area contributed by atoms with Crippen LogP contribution in [0.2, 0.25) is 0 Å². The third kappa shape index (κ3) is 2.55. The van der Waals surface area contributed by atoms with Gasteiger partial charge in [0.1, 0.15) is 11.9 Å². The third-order valence-electron chi connectivity index (χ3n) is 3.46. The summed E-state index contributed by atoms with van der Waals surface area (Å²) in [6.07, 6.45) is 2.18. The zero-order valence-electron chi connectivity index (χ0n) is 11.2. The van der Waals surface area contributed by atoms with Gasteiger partial charge in [-0.1, -0.05) is 30.3 Å². The van der Waals surface area contributed by atoms with Gasteiger partial charge in [-0.25, -0.2) is 9.97 Å². The molecule has 2 heterocycles. The lowest BCUT2D eigenvalue weighted by atomic mass is 10.1. The molecule has 0 amide bonds. The molecule has 1 fully saturated rings. The topological polar surface area (TPSA) is 61.0 Å². The van der Waals surface area contributed by atoms with Crippen molar-refractivity contribution in [1.29, 1.82) is 0 Å². The quantitative estimate of drug-likeness (QED) is 0.909. The minimum Gasteiger partial charge on any atom is -0.383 e. The van der Waals surface area contributed by atoms with Crippen molar-refractivity contribution in [3.8, 4) is 11.3 Å². The Kier molecular flexibility index (Phi) is 3.72. The first kappa shape index (κ1) is 13.5. The minimum atomic E-state index is -0.0529. The summed E-state index contributed by atoms with van der Waals surface area (Å²) in [7, 11) is 0. The Morgan fingerprint density at radius 3 is 2.60 bits per heavy atom. The van der Waals surface area contributed by atoms with Crippen LogP contribution < -0.4 is 5.73 Å². The molecule has 104 valence electrons. The maximum Gasteiger partial charge on any atom is 0.160 e.